The summed E-state index contributed by atoms with van der Waals surface area (Å²) in [5, 5.41) is 9.29. The quantitative estimate of drug-likeness (QED) is 0.0485. The number of anilines is 1. The van der Waals surface area contributed by atoms with E-state index in [9.17, 15) is 24.3 Å². The Bertz CT molecular complexity index is 1370. The molecule has 2 aromatic rings. The number of fused-ring (bicyclic) bond motifs is 1. The fourth-order valence-electron chi connectivity index (χ4n) is 5.42. The number of nitrogens with zero attached hydrogens (tertiary/aromatic N) is 3. The van der Waals surface area contributed by atoms with E-state index in [-0.39, 0.29) is 49.3 Å². The Morgan fingerprint density at radius 1 is 0.865 bits per heavy atom. The first-order valence-electron chi connectivity index (χ1n) is 18.9. The Morgan fingerprint density at radius 3 is 2.02 bits per heavy atom. The maximum atomic E-state index is 12.8. The fourth-order valence-corrected chi connectivity index (χ4v) is 5.42. The lowest BCUT2D eigenvalue weighted by atomic mass is 10.0. The standard InChI is InChI=1S/C36H62N6O10/c1-4-5-6-7-8-9-10-11-12-13-14-15-16-17-18-19-29(44)49-22-27(23-50-34(46)30(37)26(2)3)52-36(47)51-24-28(48-21-20-43)42-25-39-31-32(42)40-35(38)41-33(31)45/h25-28,30,43H,4-24,37H2,1-3H3,(H3,38,40,41,45)/t27?,28?,30-/m0/s1. The van der Waals surface area contributed by atoms with Gasteiger partial charge in [-0.1, -0.05) is 111 Å². The van der Waals surface area contributed by atoms with Gasteiger partial charge < -0.3 is 40.3 Å². The summed E-state index contributed by atoms with van der Waals surface area (Å²) in [5.74, 6) is -1.52. The highest BCUT2D eigenvalue weighted by molar-refractivity contribution is 5.75. The molecule has 2 aromatic heterocycles. The van der Waals surface area contributed by atoms with Gasteiger partial charge in [0.2, 0.25) is 5.95 Å². The number of imidazole rings is 1. The van der Waals surface area contributed by atoms with Crippen molar-refractivity contribution in [3.63, 3.8) is 0 Å². The van der Waals surface area contributed by atoms with Crippen LogP contribution < -0.4 is 17.0 Å². The van der Waals surface area contributed by atoms with Gasteiger partial charge in [-0.05, 0) is 12.3 Å². The molecular weight excluding hydrogens is 676 g/mol. The molecule has 0 fully saturated rings. The van der Waals surface area contributed by atoms with Crippen LogP contribution in [0, 0.1) is 5.92 Å². The maximum Gasteiger partial charge on any atom is 0.508 e. The highest BCUT2D eigenvalue weighted by Crippen LogP contribution is 2.17. The molecule has 0 radical (unpaired) electrons. The first kappa shape index (κ1) is 44.4. The Labute approximate surface area is 306 Å². The van der Waals surface area contributed by atoms with E-state index in [1.807, 2.05) is 0 Å². The molecule has 0 aliphatic carbocycles. The third-order valence-corrected chi connectivity index (χ3v) is 8.59. The van der Waals surface area contributed by atoms with Crippen molar-refractivity contribution in [2.75, 3.05) is 38.8 Å². The zero-order valence-corrected chi connectivity index (χ0v) is 31.4. The highest BCUT2D eigenvalue weighted by Gasteiger charge is 2.26. The second kappa shape index (κ2) is 26.1. The summed E-state index contributed by atoms with van der Waals surface area (Å²) >= 11 is 0. The van der Waals surface area contributed by atoms with Crippen molar-refractivity contribution in [3.05, 3.63) is 16.7 Å². The summed E-state index contributed by atoms with van der Waals surface area (Å²) in [6, 6.07) is -0.899. The molecule has 0 saturated carbocycles. The van der Waals surface area contributed by atoms with Crippen LogP contribution >= 0.6 is 0 Å². The molecule has 296 valence electrons. The van der Waals surface area contributed by atoms with Crippen LogP contribution in [-0.4, -0.2) is 87.9 Å². The topological polar surface area (TPSA) is 233 Å². The molecule has 6 N–H and O–H groups in total. The van der Waals surface area contributed by atoms with Gasteiger partial charge in [0.1, 0.15) is 25.9 Å². The molecule has 0 aliphatic heterocycles. The molecule has 16 heteroatoms. The van der Waals surface area contributed by atoms with Crippen molar-refractivity contribution < 1.29 is 43.2 Å². The number of nitrogens with one attached hydrogen (secondary N) is 1. The number of aliphatic hydroxyl groups excluding tert-OH is 1. The molecule has 0 saturated heterocycles. The van der Waals surface area contributed by atoms with Gasteiger partial charge in [0.05, 0.1) is 19.5 Å². The lowest BCUT2D eigenvalue weighted by molar-refractivity contribution is -0.155. The molecule has 2 rings (SSSR count). The molecule has 0 amide bonds. The second-order valence-corrected chi connectivity index (χ2v) is 13.4. The van der Waals surface area contributed by atoms with Crippen molar-refractivity contribution >= 4 is 35.2 Å². The third kappa shape index (κ3) is 17.6. The Morgan fingerprint density at radius 2 is 1.44 bits per heavy atom. The van der Waals surface area contributed by atoms with Gasteiger partial charge >= 0.3 is 18.1 Å². The van der Waals surface area contributed by atoms with Crippen LogP contribution in [0.1, 0.15) is 130 Å². The first-order chi connectivity index (χ1) is 25.1. The number of hydrogen-bond donors (Lipinski definition) is 4. The number of H-pyrrole nitrogens is 1. The number of esters is 2. The number of aromatic amines is 1. The van der Waals surface area contributed by atoms with E-state index in [1.165, 1.54) is 81.5 Å². The predicted octanol–water partition coefficient (Wildman–Crippen LogP) is 5.06. The van der Waals surface area contributed by atoms with E-state index in [1.54, 1.807) is 13.8 Å². The average molecular weight is 739 g/mol. The Kier molecular flexibility index (Phi) is 22.3. The first-order valence-corrected chi connectivity index (χ1v) is 18.9. The summed E-state index contributed by atoms with van der Waals surface area (Å²) in [6.45, 7) is 4.01. The van der Waals surface area contributed by atoms with Crippen LogP contribution in [0.3, 0.4) is 0 Å². The fraction of sp³-hybridized carbons (Fsp3) is 0.778. The van der Waals surface area contributed by atoms with Crippen LogP contribution in [-0.2, 0) is 33.3 Å². The minimum atomic E-state index is -1.19. The number of nitrogen functional groups attached to an aromatic ring is 1. The van der Waals surface area contributed by atoms with Crippen LogP contribution in [0.15, 0.2) is 11.1 Å². The molecule has 52 heavy (non-hydrogen) atoms. The Balaban J connectivity index is 1.79. The number of rotatable bonds is 29. The van der Waals surface area contributed by atoms with Gasteiger partial charge in [-0.3, -0.25) is 23.9 Å². The van der Waals surface area contributed by atoms with Gasteiger partial charge in [-0.15, -0.1) is 0 Å². The number of aliphatic hydroxyl groups is 1. The van der Waals surface area contributed by atoms with E-state index in [0.29, 0.717) is 6.42 Å². The number of hydrogen-bond acceptors (Lipinski definition) is 14. The number of unbranched alkanes of at least 4 members (excludes halogenated alkanes) is 14. The van der Waals surface area contributed by atoms with Crippen LogP contribution in [0.25, 0.3) is 11.2 Å². The van der Waals surface area contributed by atoms with E-state index in [4.69, 9.17) is 35.2 Å². The zero-order chi connectivity index (χ0) is 38.1. The molecular formula is C36H62N6O10. The van der Waals surface area contributed by atoms with Crippen LogP contribution in [0.5, 0.6) is 0 Å². The summed E-state index contributed by atoms with van der Waals surface area (Å²) in [7, 11) is 0. The van der Waals surface area contributed by atoms with Crippen molar-refractivity contribution in [1.29, 1.82) is 0 Å². The summed E-state index contributed by atoms with van der Waals surface area (Å²) in [5.41, 5.74) is 11.0. The van der Waals surface area contributed by atoms with Crippen LogP contribution in [0.4, 0.5) is 10.7 Å². The lowest BCUT2D eigenvalue weighted by Gasteiger charge is -2.22. The zero-order valence-electron chi connectivity index (χ0n) is 31.4. The van der Waals surface area contributed by atoms with Gasteiger partial charge in [-0.25, -0.2) is 9.78 Å². The van der Waals surface area contributed by atoms with Gasteiger partial charge in [0, 0.05) is 6.42 Å². The number of ether oxygens (including phenoxy) is 5. The highest BCUT2D eigenvalue weighted by atomic mass is 16.7. The van der Waals surface area contributed by atoms with Crippen molar-refractivity contribution in [1.82, 2.24) is 19.5 Å². The smallest absolute Gasteiger partial charge is 0.462 e. The SMILES string of the molecule is CCCCCCCCCCCCCCCCCC(=O)OCC(COC(=O)[C@@H](N)C(C)C)OC(=O)OCC(OCCO)n1cnc2c(=O)[nH]c(N)nc21. The number of nitrogens with two attached hydrogens (primary N) is 2. The molecule has 2 heterocycles. The minimum absolute atomic E-state index is 0.0259. The van der Waals surface area contributed by atoms with E-state index < -0.39 is 55.2 Å². The largest absolute Gasteiger partial charge is 0.508 e. The van der Waals surface area contributed by atoms with E-state index in [0.717, 1.165) is 19.3 Å². The minimum Gasteiger partial charge on any atom is -0.462 e. The monoisotopic (exact) mass is 738 g/mol. The number of carbonyl (C=O) groups excluding carboxylic acids is 3. The van der Waals surface area contributed by atoms with Gasteiger partial charge in [-0.2, -0.15) is 4.98 Å². The molecule has 0 spiro atoms. The van der Waals surface area contributed by atoms with Gasteiger partial charge in [0.15, 0.2) is 23.5 Å². The normalized spacial score (nSPS) is 13.2. The number of aromatic nitrogens is 4. The molecule has 3 atom stereocenters. The number of carbonyl (C=O) groups is 3. The molecule has 0 aliphatic rings. The average Bonchev–Trinajstić information content (AvgIpc) is 3.54. The summed E-state index contributed by atoms with van der Waals surface area (Å²) in [4.78, 5) is 60.3. The maximum absolute atomic E-state index is 12.8. The second-order valence-electron chi connectivity index (χ2n) is 13.4. The lowest BCUT2D eigenvalue weighted by Crippen LogP contribution is -2.39. The van der Waals surface area contributed by atoms with Crippen molar-refractivity contribution in [2.45, 2.75) is 142 Å². The van der Waals surface area contributed by atoms with Crippen LogP contribution in [0.2, 0.25) is 0 Å². The van der Waals surface area contributed by atoms with Gasteiger partial charge in [0.25, 0.3) is 5.56 Å². The predicted molar refractivity (Wildman–Crippen MR) is 195 cm³/mol. The Hall–Kier alpha value is -3.76. The summed E-state index contributed by atoms with van der Waals surface area (Å²) < 4.78 is 28.1. The molecule has 16 nitrogen and oxygen atoms in total. The molecule has 0 bridgehead atoms. The van der Waals surface area contributed by atoms with E-state index in [2.05, 4.69) is 21.9 Å². The van der Waals surface area contributed by atoms with Crippen molar-refractivity contribution in [3.8, 4) is 0 Å². The third-order valence-electron chi connectivity index (χ3n) is 8.59. The molecule has 0 aromatic carbocycles. The van der Waals surface area contributed by atoms with Crippen molar-refractivity contribution in [2.24, 2.45) is 11.7 Å². The summed E-state index contributed by atoms with van der Waals surface area (Å²) in [6.07, 6.45) is 16.2. The molecule has 2 unspecified atom stereocenters. The van der Waals surface area contributed by atoms with E-state index >= 15 is 0 Å².